The Hall–Kier alpha value is -2.73. The van der Waals surface area contributed by atoms with Crippen LogP contribution in [-0.4, -0.2) is 27.0 Å². The molecule has 2 aromatic heterocycles. The van der Waals surface area contributed by atoms with Crippen molar-refractivity contribution in [1.29, 1.82) is 0 Å². The van der Waals surface area contributed by atoms with E-state index in [1.807, 2.05) is 28.8 Å². The van der Waals surface area contributed by atoms with Crippen molar-refractivity contribution in [3.63, 3.8) is 0 Å². The highest BCUT2D eigenvalue weighted by molar-refractivity contribution is 5.96. The molecular weight excluding hydrogens is 266 g/mol. The lowest BCUT2D eigenvalue weighted by atomic mass is 10.2. The van der Waals surface area contributed by atoms with Gasteiger partial charge in [-0.15, -0.1) is 0 Å². The third kappa shape index (κ3) is 2.25. The van der Waals surface area contributed by atoms with Gasteiger partial charge < -0.3 is 11.5 Å². The summed E-state index contributed by atoms with van der Waals surface area (Å²) in [4.78, 5) is 20.5. The largest absolute Gasteiger partial charge is 0.365 e. The maximum absolute atomic E-state index is 11.6. The summed E-state index contributed by atoms with van der Waals surface area (Å²) in [5.41, 5.74) is 13.2. The zero-order chi connectivity index (χ0) is 14.8. The number of aromatic nitrogens is 3. The Bertz CT molecular complexity index is 809. The number of fused-ring (bicyclic) bond motifs is 1. The minimum atomic E-state index is -0.519. The number of para-hydroxylation sites is 2. The molecule has 6 nitrogen and oxygen atoms in total. The van der Waals surface area contributed by atoms with E-state index in [1.54, 1.807) is 18.3 Å². The molecule has 6 heteroatoms. The van der Waals surface area contributed by atoms with Gasteiger partial charge >= 0.3 is 0 Å². The lowest BCUT2D eigenvalue weighted by molar-refractivity contribution is 0.1000. The molecule has 0 atom stereocenters. The molecule has 0 unspecified atom stereocenters. The number of carbonyl (C=O) groups is 1. The van der Waals surface area contributed by atoms with Gasteiger partial charge in [0.05, 0.1) is 16.6 Å². The van der Waals surface area contributed by atoms with E-state index in [0.717, 1.165) is 16.9 Å². The van der Waals surface area contributed by atoms with E-state index in [4.69, 9.17) is 11.5 Å². The van der Waals surface area contributed by atoms with E-state index in [0.29, 0.717) is 24.3 Å². The Balaban J connectivity index is 2.33. The van der Waals surface area contributed by atoms with E-state index in [-0.39, 0.29) is 0 Å². The van der Waals surface area contributed by atoms with Crippen LogP contribution in [-0.2, 0) is 6.42 Å². The van der Waals surface area contributed by atoms with Crippen LogP contribution in [0.1, 0.15) is 16.2 Å². The molecule has 0 saturated heterocycles. The average molecular weight is 281 g/mol. The lowest BCUT2D eigenvalue weighted by Gasteiger charge is -2.10. The minimum absolute atomic E-state index is 0.360. The summed E-state index contributed by atoms with van der Waals surface area (Å²) in [6, 6.07) is 11.0. The molecule has 106 valence electrons. The van der Waals surface area contributed by atoms with Crippen molar-refractivity contribution in [2.45, 2.75) is 6.42 Å². The highest BCUT2D eigenvalue weighted by Crippen LogP contribution is 2.22. The van der Waals surface area contributed by atoms with E-state index < -0.39 is 5.91 Å². The van der Waals surface area contributed by atoms with Gasteiger partial charge in [-0.2, -0.15) is 0 Å². The third-order valence-corrected chi connectivity index (χ3v) is 3.26. The number of imidazole rings is 1. The van der Waals surface area contributed by atoms with Crippen LogP contribution in [0, 0.1) is 0 Å². The van der Waals surface area contributed by atoms with Crippen LogP contribution >= 0.6 is 0 Å². The number of nitrogens with two attached hydrogens (primary N) is 2. The van der Waals surface area contributed by atoms with Gasteiger partial charge in [0.15, 0.2) is 5.82 Å². The molecule has 0 radical (unpaired) electrons. The zero-order valence-electron chi connectivity index (χ0n) is 11.4. The first kappa shape index (κ1) is 13.3. The number of rotatable bonds is 4. The number of hydrogen-bond donors (Lipinski definition) is 2. The first-order chi connectivity index (χ1) is 10.2. The van der Waals surface area contributed by atoms with Gasteiger partial charge in [-0.05, 0) is 30.8 Å². The van der Waals surface area contributed by atoms with Crippen molar-refractivity contribution in [3.8, 4) is 5.82 Å². The van der Waals surface area contributed by atoms with E-state index in [2.05, 4.69) is 9.97 Å². The highest BCUT2D eigenvalue weighted by atomic mass is 16.1. The van der Waals surface area contributed by atoms with Gasteiger partial charge in [-0.25, -0.2) is 9.97 Å². The first-order valence-electron chi connectivity index (χ1n) is 6.64. The fraction of sp³-hybridized carbons (Fsp3) is 0.133. The standard InChI is InChI=1S/C15H15N5O/c16-8-7-13-19-11-5-1-2-6-12(11)20(13)15-10(14(17)21)4-3-9-18-15/h1-6,9H,7-8,16H2,(H2,17,21). The predicted octanol–water partition coefficient (Wildman–Crippen LogP) is 1.02. The molecule has 0 aliphatic heterocycles. The molecule has 0 saturated carbocycles. The van der Waals surface area contributed by atoms with Crippen LogP contribution < -0.4 is 11.5 Å². The van der Waals surface area contributed by atoms with E-state index in [1.165, 1.54) is 0 Å². The van der Waals surface area contributed by atoms with Gasteiger partial charge in [0.2, 0.25) is 0 Å². The Labute approximate surface area is 121 Å². The number of amides is 1. The summed E-state index contributed by atoms with van der Waals surface area (Å²) in [5, 5.41) is 0. The molecule has 1 amide bonds. The molecule has 0 bridgehead atoms. The zero-order valence-corrected chi connectivity index (χ0v) is 11.4. The number of primary amides is 1. The van der Waals surface area contributed by atoms with Gasteiger partial charge in [0.1, 0.15) is 5.82 Å². The summed E-state index contributed by atoms with van der Waals surface area (Å²) in [6.07, 6.45) is 2.21. The molecular formula is C15H15N5O. The molecule has 4 N–H and O–H groups in total. The van der Waals surface area contributed by atoms with Crippen molar-refractivity contribution < 1.29 is 4.79 Å². The van der Waals surface area contributed by atoms with Gasteiger partial charge in [0.25, 0.3) is 5.91 Å². The quantitative estimate of drug-likeness (QED) is 0.745. The van der Waals surface area contributed by atoms with Gasteiger partial charge in [-0.1, -0.05) is 12.1 Å². The average Bonchev–Trinajstić information content (AvgIpc) is 2.85. The van der Waals surface area contributed by atoms with Crippen LogP contribution in [0.3, 0.4) is 0 Å². The maximum atomic E-state index is 11.6. The second-order valence-electron chi connectivity index (χ2n) is 4.63. The van der Waals surface area contributed by atoms with E-state index in [9.17, 15) is 4.79 Å². The third-order valence-electron chi connectivity index (χ3n) is 3.26. The van der Waals surface area contributed by atoms with Crippen LogP contribution in [0.2, 0.25) is 0 Å². The normalized spacial score (nSPS) is 10.9. The first-order valence-corrected chi connectivity index (χ1v) is 6.64. The fourth-order valence-electron chi connectivity index (χ4n) is 2.38. The summed E-state index contributed by atoms with van der Waals surface area (Å²) in [5.74, 6) is 0.733. The summed E-state index contributed by atoms with van der Waals surface area (Å²) >= 11 is 0. The number of carbonyl (C=O) groups excluding carboxylic acids is 1. The van der Waals surface area contributed by atoms with Gasteiger partial charge in [0, 0.05) is 12.6 Å². The number of nitrogens with zero attached hydrogens (tertiary/aromatic N) is 3. The number of pyridine rings is 1. The Morgan fingerprint density at radius 3 is 2.76 bits per heavy atom. The molecule has 3 rings (SSSR count). The van der Waals surface area contributed by atoms with Crippen molar-refractivity contribution in [1.82, 2.24) is 14.5 Å². The Morgan fingerprint density at radius 1 is 1.19 bits per heavy atom. The molecule has 21 heavy (non-hydrogen) atoms. The molecule has 0 spiro atoms. The molecule has 0 aliphatic rings. The SMILES string of the molecule is NCCc1nc2ccccc2n1-c1ncccc1C(N)=O. The van der Waals surface area contributed by atoms with Crippen molar-refractivity contribution in [2.75, 3.05) is 6.54 Å². The minimum Gasteiger partial charge on any atom is -0.365 e. The summed E-state index contributed by atoms with van der Waals surface area (Å²) in [6.45, 7) is 0.460. The van der Waals surface area contributed by atoms with Crippen molar-refractivity contribution in [3.05, 3.63) is 54.0 Å². The monoisotopic (exact) mass is 281 g/mol. The molecule has 0 fully saturated rings. The van der Waals surface area contributed by atoms with Crippen LogP contribution in [0.15, 0.2) is 42.6 Å². The molecule has 1 aromatic carbocycles. The second kappa shape index (κ2) is 5.34. The summed E-state index contributed by atoms with van der Waals surface area (Å²) in [7, 11) is 0. The number of benzene rings is 1. The maximum Gasteiger partial charge on any atom is 0.252 e. The molecule has 2 heterocycles. The Morgan fingerprint density at radius 2 is 2.00 bits per heavy atom. The van der Waals surface area contributed by atoms with Crippen molar-refractivity contribution in [2.24, 2.45) is 11.5 Å². The fourth-order valence-corrected chi connectivity index (χ4v) is 2.38. The van der Waals surface area contributed by atoms with Crippen molar-refractivity contribution >= 4 is 16.9 Å². The van der Waals surface area contributed by atoms with Gasteiger partial charge in [-0.3, -0.25) is 9.36 Å². The highest BCUT2D eigenvalue weighted by Gasteiger charge is 2.17. The predicted molar refractivity (Wildman–Crippen MR) is 80.1 cm³/mol. The Kier molecular flexibility index (Phi) is 3.37. The smallest absolute Gasteiger partial charge is 0.252 e. The van der Waals surface area contributed by atoms with E-state index >= 15 is 0 Å². The summed E-state index contributed by atoms with van der Waals surface area (Å²) < 4.78 is 1.85. The molecule has 3 aromatic rings. The number of hydrogen-bond acceptors (Lipinski definition) is 4. The molecule has 0 aliphatic carbocycles. The van der Waals surface area contributed by atoms with Crippen LogP contribution in [0.5, 0.6) is 0 Å². The second-order valence-corrected chi connectivity index (χ2v) is 4.63. The lowest BCUT2D eigenvalue weighted by Crippen LogP contribution is -2.17. The topological polar surface area (TPSA) is 99.8 Å². The van der Waals surface area contributed by atoms with Crippen LogP contribution in [0.25, 0.3) is 16.9 Å². The van der Waals surface area contributed by atoms with Crippen LogP contribution in [0.4, 0.5) is 0 Å².